The van der Waals surface area contributed by atoms with E-state index in [0.717, 1.165) is 17.5 Å². The van der Waals surface area contributed by atoms with Gasteiger partial charge < -0.3 is 5.32 Å². The van der Waals surface area contributed by atoms with Gasteiger partial charge in [0.1, 0.15) is 0 Å². The fourth-order valence-electron chi connectivity index (χ4n) is 1.67. The third-order valence-electron chi connectivity index (χ3n) is 2.47. The molecule has 98 valence electrons. The van der Waals surface area contributed by atoms with E-state index in [4.69, 9.17) is 0 Å². The Kier molecular flexibility index (Phi) is 3.10. The summed E-state index contributed by atoms with van der Waals surface area (Å²) in [6.07, 6.45) is -2.98. The normalized spacial score (nSPS) is 22.1. The third-order valence-corrected chi connectivity index (χ3v) is 3.87. The maximum atomic E-state index is 12.5. The van der Waals surface area contributed by atoms with E-state index in [2.05, 4.69) is 5.32 Å². The molecule has 1 aromatic carbocycles. The smallest absolute Gasteiger partial charge is 0.378 e. The van der Waals surface area contributed by atoms with Gasteiger partial charge in [0.25, 0.3) is 0 Å². The maximum Gasteiger partial charge on any atom is 0.416 e. The molecule has 0 saturated heterocycles. The van der Waals surface area contributed by atoms with Crippen LogP contribution < -0.4 is 5.32 Å². The predicted molar refractivity (Wildman–Crippen MR) is 61.8 cm³/mol. The molecule has 0 bridgehead atoms. The first-order valence-corrected chi connectivity index (χ1v) is 6.83. The molecule has 0 aliphatic carbocycles. The maximum absolute atomic E-state index is 12.5. The third kappa shape index (κ3) is 3.04. The zero-order chi connectivity index (χ0) is 13.4. The van der Waals surface area contributed by atoms with Crippen LogP contribution in [0.15, 0.2) is 35.7 Å². The number of alkyl halides is 3. The highest BCUT2D eigenvalue weighted by molar-refractivity contribution is 7.94. The molecule has 18 heavy (non-hydrogen) atoms. The van der Waals surface area contributed by atoms with Gasteiger partial charge in [-0.15, -0.1) is 0 Å². The summed E-state index contributed by atoms with van der Waals surface area (Å²) in [7, 11) is -3.22. The summed E-state index contributed by atoms with van der Waals surface area (Å²) in [6, 6.07) is 4.18. The Morgan fingerprint density at radius 2 is 2.00 bits per heavy atom. The van der Waals surface area contributed by atoms with Crippen LogP contribution in [-0.4, -0.2) is 20.2 Å². The number of anilines is 1. The van der Waals surface area contributed by atoms with Crippen molar-refractivity contribution in [2.45, 2.75) is 12.2 Å². The summed E-state index contributed by atoms with van der Waals surface area (Å²) in [6.45, 7) is 0. The van der Waals surface area contributed by atoms with Crippen molar-refractivity contribution in [3.63, 3.8) is 0 Å². The molecule has 2 rings (SSSR count). The van der Waals surface area contributed by atoms with Crippen molar-refractivity contribution in [2.75, 3.05) is 11.1 Å². The van der Waals surface area contributed by atoms with E-state index < -0.39 is 27.6 Å². The second-order valence-electron chi connectivity index (χ2n) is 3.99. The van der Waals surface area contributed by atoms with Gasteiger partial charge in [-0.1, -0.05) is 12.1 Å². The molecule has 0 aromatic heterocycles. The van der Waals surface area contributed by atoms with Crippen LogP contribution >= 0.6 is 0 Å². The number of hydrogen-bond donors (Lipinski definition) is 1. The summed E-state index contributed by atoms with van der Waals surface area (Å²) in [5.74, 6) is -0.136. The van der Waals surface area contributed by atoms with Gasteiger partial charge in [-0.3, -0.25) is 0 Å². The van der Waals surface area contributed by atoms with Crippen LogP contribution in [0.3, 0.4) is 0 Å². The number of nitrogens with one attached hydrogen (secondary N) is 1. The molecule has 0 fully saturated rings. The summed E-state index contributed by atoms with van der Waals surface area (Å²) in [4.78, 5) is 0. The zero-order valence-electron chi connectivity index (χ0n) is 9.11. The van der Waals surface area contributed by atoms with Crippen molar-refractivity contribution < 1.29 is 21.6 Å². The van der Waals surface area contributed by atoms with E-state index >= 15 is 0 Å². The van der Waals surface area contributed by atoms with Crippen molar-refractivity contribution in [3.05, 3.63) is 41.3 Å². The average molecular weight is 277 g/mol. The van der Waals surface area contributed by atoms with E-state index in [1.807, 2.05) is 0 Å². The van der Waals surface area contributed by atoms with Gasteiger partial charge in [0, 0.05) is 11.1 Å². The van der Waals surface area contributed by atoms with Crippen LogP contribution in [-0.2, 0) is 16.0 Å². The Labute approximate surface area is 102 Å². The first-order chi connectivity index (χ1) is 8.26. The topological polar surface area (TPSA) is 46.2 Å². The van der Waals surface area contributed by atoms with Gasteiger partial charge in [0.15, 0.2) is 9.84 Å². The van der Waals surface area contributed by atoms with Crippen LogP contribution in [0, 0.1) is 0 Å². The quantitative estimate of drug-likeness (QED) is 0.903. The van der Waals surface area contributed by atoms with Crippen molar-refractivity contribution in [1.82, 2.24) is 0 Å². The standard InChI is InChI=1S/C11H10F3NO2S/c12-11(13,14)8-2-1-3-9(6-8)15-10-4-5-18(16,17)7-10/h1-6,10,15H,7H2/t10-/m1/s1. The van der Waals surface area contributed by atoms with E-state index in [-0.39, 0.29) is 11.4 Å². The molecule has 0 saturated carbocycles. The van der Waals surface area contributed by atoms with E-state index in [9.17, 15) is 21.6 Å². The minimum Gasteiger partial charge on any atom is -0.378 e. The Morgan fingerprint density at radius 1 is 1.28 bits per heavy atom. The number of halogens is 3. The first kappa shape index (κ1) is 12.9. The summed E-state index contributed by atoms with van der Waals surface area (Å²) < 4.78 is 59.7. The molecular formula is C11H10F3NO2S. The average Bonchev–Trinajstić information content (AvgIpc) is 2.57. The summed E-state index contributed by atoms with van der Waals surface area (Å²) in [5.41, 5.74) is -0.520. The van der Waals surface area contributed by atoms with Crippen LogP contribution in [0.25, 0.3) is 0 Å². The lowest BCUT2D eigenvalue weighted by Gasteiger charge is -2.13. The number of hydrogen-bond acceptors (Lipinski definition) is 3. The lowest BCUT2D eigenvalue weighted by molar-refractivity contribution is -0.137. The van der Waals surface area contributed by atoms with Gasteiger partial charge in [-0.05, 0) is 18.2 Å². The van der Waals surface area contributed by atoms with E-state index in [0.29, 0.717) is 0 Å². The van der Waals surface area contributed by atoms with Crippen molar-refractivity contribution in [2.24, 2.45) is 0 Å². The second kappa shape index (κ2) is 4.31. The zero-order valence-corrected chi connectivity index (χ0v) is 9.92. The second-order valence-corrected chi connectivity index (χ2v) is 5.92. The number of benzene rings is 1. The van der Waals surface area contributed by atoms with Gasteiger partial charge >= 0.3 is 6.18 Å². The molecule has 0 unspecified atom stereocenters. The Morgan fingerprint density at radius 3 is 2.56 bits per heavy atom. The molecule has 7 heteroatoms. The highest BCUT2D eigenvalue weighted by atomic mass is 32.2. The number of sulfone groups is 1. The minimum atomic E-state index is -4.41. The largest absolute Gasteiger partial charge is 0.416 e. The van der Waals surface area contributed by atoms with Crippen LogP contribution in [0.1, 0.15) is 5.56 Å². The van der Waals surface area contributed by atoms with Crippen LogP contribution in [0.5, 0.6) is 0 Å². The Balaban J connectivity index is 2.14. The monoisotopic (exact) mass is 277 g/mol. The van der Waals surface area contributed by atoms with Crippen LogP contribution in [0.2, 0.25) is 0 Å². The number of rotatable bonds is 2. The molecule has 1 aromatic rings. The fraction of sp³-hybridized carbons (Fsp3) is 0.273. The van der Waals surface area contributed by atoms with Crippen molar-refractivity contribution in [1.29, 1.82) is 0 Å². The van der Waals surface area contributed by atoms with Crippen molar-refractivity contribution in [3.8, 4) is 0 Å². The molecule has 1 aliphatic heterocycles. The van der Waals surface area contributed by atoms with Gasteiger partial charge in [-0.2, -0.15) is 13.2 Å². The molecular weight excluding hydrogens is 267 g/mol. The summed E-state index contributed by atoms with van der Waals surface area (Å²) >= 11 is 0. The van der Waals surface area contributed by atoms with Gasteiger partial charge in [-0.25, -0.2) is 8.42 Å². The Bertz CT molecular complexity index is 578. The summed E-state index contributed by atoms with van der Waals surface area (Å²) in [5, 5.41) is 3.81. The minimum absolute atomic E-state index is 0.136. The molecule has 0 radical (unpaired) electrons. The Hall–Kier alpha value is -1.50. The molecule has 1 atom stereocenters. The molecule has 1 heterocycles. The highest BCUT2D eigenvalue weighted by Crippen LogP contribution is 2.31. The predicted octanol–water partition coefficient (Wildman–Crippen LogP) is 2.43. The van der Waals surface area contributed by atoms with Crippen LogP contribution in [0.4, 0.5) is 18.9 Å². The van der Waals surface area contributed by atoms with Gasteiger partial charge in [0.05, 0.1) is 17.4 Å². The molecule has 1 N–H and O–H groups in total. The highest BCUT2D eigenvalue weighted by Gasteiger charge is 2.30. The first-order valence-electron chi connectivity index (χ1n) is 5.11. The molecule has 3 nitrogen and oxygen atoms in total. The lowest BCUT2D eigenvalue weighted by Crippen LogP contribution is -2.21. The lowest BCUT2D eigenvalue weighted by atomic mass is 10.2. The van der Waals surface area contributed by atoms with Gasteiger partial charge in [0.2, 0.25) is 0 Å². The van der Waals surface area contributed by atoms with E-state index in [1.165, 1.54) is 18.2 Å². The molecule has 1 aliphatic rings. The molecule has 0 spiro atoms. The van der Waals surface area contributed by atoms with Crippen molar-refractivity contribution >= 4 is 15.5 Å². The van der Waals surface area contributed by atoms with E-state index in [1.54, 1.807) is 0 Å². The fourth-order valence-corrected chi connectivity index (χ4v) is 2.90. The SMILES string of the molecule is O=S1(=O)C=C[C@@H](Nc2cccc(C(F)(F)F)c2)C1. The molecule has 0 amide bonds.